The van der Waals surface area contributed by atoms with Crippen molar-refractivity contribution >= 4 is 115 Å². The number of halogens is 1. The third-order valence-corrected chi connectivity index (χ3v) is 14.6. The van der Waals surface area contributed by atoms with Gasteiger partial charge >= 0.3 is 0 Å². The van der Waals surface area contributed by atoms with Gasteiger partial charge in [-0.3, -0.25) is 0 Å². The number of rotatable bonds is 14. The molecule has 0 fully saturated rings. The Balaban J connectivity index is 0.000000136. The summed E-state index contributed by atoms with van der Waals surface area (Å²) in [5.74, 6) is 5.67. The van der Waals surface area contributed by atoms with Crippen LogP contribution in [0.3, 0.4) is 0 Å². The molecule has 15 nitrogen and oxygen atoms in total. The lowest BCUT2D eigenvalue weighted by atomic mass is 10.1. The van der Waals surface area contributed by atoms with Gasteiger partial charge in [0.1, 0.15) is 17.0 Å². The van der Waals surface area contributed by atoms with Gasteiger partial charge in [0.15, 0.2) is 23.0 Å². The molecule has 11 aromatic rings. The van der Waals surface area contributed by atoms with Crippen LogP contribution in [0.25, 0.3) is 52.9 Å². The van der Waals surface area contributed by atoms with Gasteiger partial charge in [-0.15, -0.1) is 34.0 Å². The molecule has 0 radical (unpaired) electrons. The summed E-state index contributed by atoms with van der Waals surface area (Å²) < 4.78 is 35.9. The van der Waals surface area contributed by atoms with Crippen molar-refractivity contribution in [2.24, 2.45) is 0 Å². The first kappa shape index (κ1) is 49.9. The van der Waals surface area contributed by atoms with Gasteiger partial charge in [-0.2, -0.15) is 0 Å². The van der Waals surface area contributed by atoms with Crippen LogP contribution in [0.4, 0.5) is 34.9 Å². The molecule has 0 aliphatic rings. The Bertz CT molecular complexity index is 3640. The zero-order valence-electron chi connectivity index (χ0n) is 40.2. The molecule has 73 heavy (non-hydrogen) atoms. The molecule has 11 rings (SSSR count). The van der Waals surface area contributed by atoms with Crippen molar-refractivity contribution in [2.75, 3.05) is 58.6 Å². The average Bonchev–Trinajstić information content (AvgIpc) is 4.18. The highest BCUT2D eigenvalue weighted by molar-refractivity contribution is 9.10. The predicted molar refractivity (Wildman–Crippen MR) is 299 cm³/mol. The van der Waals surface area contributed by atoms with Crippen molar-refractivity contribution in [3.63, 3.8) is 0 Å². The van der Waals surface area contributed by atoms with E-state index in [4.69, 9.17) is 38.4 Å². The van der Waals surface area contributed by atoms with E-state index in [-0.39, 0.29) is 0 Å². The van der Waals surface area contributed by atoms with Gasteiger partial charge < -0.3 is 44.4 Å². The summed E-state index contributed by atoms with van der Waals surface area (Å²) in [4.78, 5) is 27.1. The van der Waals surface area contributed by atoms with Crippen LogP contribution in [0.15, 0.2) is 154 Å². The molecule has 0 unspecified atom stereocenters. The lowest BCUT2D eigenvalue weighted by molar-refractivity contribution is 0.355. The molecule has 0 spiro atoms. The van der Waals surface area contributed by atoms with Crippen molar-refractivity contribution in [2.45, 2.75) is 0 Å². The van der Waals surface area contributed by atoms with Crippen molar-refractivity contribution in [3.05, 3.63) is 154 Å². The Morgan fingerprint density at radius 3 is 1.32 bits per heavy atom. The Morgan fingerprint density at radius 1 is 0.411 bits per heavy atom. The summed E-state index contributed by atoms with van der Waals surface area (Å²) in [5.41, 5.74) is 9.74. The maximum absolute atomic E-state index is 5.43. The molecule has 368 valence electrons. The highest BCUT2D eigenvalue weighted by atomic mass is 79.9. The summed E-state index contributed by atoms with van der Waals surface area (Å²) in [7, 11) is 9.69. The molecular weight excluding hydrogens is 1050 g/mol. The van der Waals surface area contributed by atoms with Gasteiger partial charge in [-0.1, -0.05) is 60.7 Å². The normalized spacial score (nSPS) is 10.7. The highest BCUT2D eigenvalue weighted by Crippen LogP contribution is 2.38. The minimum Gasteiger partial charge on any atom is -0.497 e. The molecule has 0 aliphatic heterocycles. The number of ether oxygens (including phenoxy) is 6. The fraction of sp³-hybridized carbons (Fsp3) is 0.111. The molecule has 0 aliphatic carbocycles. The SMILES string of the molecule is COc1ccc(Nc2ncc3scc(-c4ccccc4)c3n2)c(OC)c1.COc1ccc(Nc2ncc3scc(-c4ccccc4)c3n2)cc1OC.COc1ccc(Nc2ncc3scc(Br)c3n2)cc1OC. The number of nitrogens with zero attached hydrogens (tertiary/aromatic N) is 6. The summed E-state index contributed by atoms with van der Waals surface area (Å²) in [6, 6.07) is 37.2. The average molecular weight is 1090 g/mol. The minimum absolute atomic E-state index is 0.525. The van der Waals surface area contributed by atoms with E-state index in [9.17, 15) is 0 Å². The van der Waals surface area contributed by atoms with Crippen LogP contribution < -0.4 is 44.4 Å². The third kappa shape index (κ3) is 11.7. The molecular formula is C54H46BrN9O6S3. The second-order valence-electron chi connectivity index (χ2n) is 15.4. The number of thiophene rings is 3. The zero-order valence-corrected chi connectivity index (χ0v) is 44.2. The van der Waals surface area contributed by atoms with E-state index >= 15 is 0 Å². The van der Waals surface area contributed by atoms with Gasteiger partial charge in [0.25, 0.3) is 0 Å². The summed E-state index contributed by atoms with van der Waals surface area (Å²) in [6.07, 6.45) is 5.50. The number of anilines is 6. The number of benzene rings is 5. The van der Waals surface area contributed by atoms with E-state index < -0.39 is 0 Å². The van der Waals surface area contributed by atoms with Gasteiger partial charge in [0, 0.05) is 56.8 Å². The largest absolute Gasteiger partial charge is 0.497 e. The molecule has 0 saturated carbocycles. The first-order valence-corrected chi connectivity index (χ1v) is 25.7. The fourth-order valence-electron chi connectivity index (χ4n) is 7.39. The number of fused-ring (bicyclic) bond motifs is 3. The molecule has 6 heterocycles. The van der Waals surface area contributed by atoms with Crippen molar-refractivity contribution < 1.29 is 28.4 Å². The van der Waals surface area contributed by atoms with E-state index in [0.717, 1.165) is 80.2 Å². The molecule has 3 N–H and O–H groups in total. The Kier molecular flexibility index (Phi) is 16.0. The van der Waals surface area contributed by atoms with Crippen LogP contribution in [0.2, 0.25) is 0 Å². The van der Waals surface area contributed by atoms with Crippen LogP contribution in [0.1, 0.15) is 0 Å². The minimum atomic E-state index is 0.525. The lowest BCUT2D eigenvalue weighted by Crippen LogP contribution is -1.99. The lowest BCUT2D eigenvalue weighted by Gasteiger charge is -2.11. The van der Waals surface area contributed by atoms with E-state index in [1.54, 1.807) is 82.9 Å². The number of aromatic nitrogens is 6. The van der Waals surface area contributed by atoms with E-state index in [1.165, 1.54) is 0 Å². The van der Waals surface area contributed by atoms with Crippen LogP contribution >= 0.6 is 49.9 Å². The Hall–Kier alpha value is -8.10. The van der Waals surface area contributed by atoms with Crippen LogP contribution in [0, 0.1) is 0 Å². The standard InChI is InChI=1S/2C20H17N3O2S.C14H12BrN3O2S/c1-24-14-8-9-16(17(10-14)25-2)22-20-21-11-18-19(23-20)15(12-26-18)13-6-4-3-5-7-13;1-24-16-9-8-14(10-17(16)25-2)22-20-21-11-18-19(23-20)15(12-26-18)13-6-4-3-5-7-13;1-19-10-4-3-8(5-11(10)20-2)17-14-16-6-12-13(18-14)9(15)7-21-12/h2*3-12H,1-2H3,(H,21,22,23);3-7H,1-2H3,(H,16,17,18). The van der Waals surface area contributed by atoms with Crippen molar-refractivity contribution in [1.82, 2.24) is 29.9 Å². The molecule has 0 saturated heterocycles. The number of hydrogen-bond donors (Lipinski definition) is 3. The quantitative estimate of drug-likeness (QED) is 0.0940. The maximum Gasteiger partial charge on any atom is 0.227 e. The van der Waals surface area contributed by atoms with Crippen molar-refractivity contribution in [1.29, 1.82) is 0 Å². The van der Waals surface area contributed by atoms with Crippen LogP contribution in [0.5, 0.6) is 34.5 Å². The number of hydrogen-bond acceptors (Lipinski definition) is 18. The number of nitrogens with one attached hydrogen (secondary N) is 3. The molecule has 0 amide bonds. The topological polar surface area (TPSA) is 169 Å². The van der Waals surface area contributed by atoms with E-state index in [0.29, 0.717) is 46.6 Å². The smallest absolute Gasteiger partial charge is 0.227 e. The third-order valence-electron chi connectivity index (χ3n) is 11.0. The van der Waals surface area contributed by atoms with Gasteiger partial charge in [0.05, 0.1) is 96.5 Å². The van der Waals surface area contributed by atoms with Crippen LogP contribution in [-0.2, 0) is 0 Å². The molecule has 19 heteroatoms. The first-order valence-electron chi connectivity index (χ1n) is 22.2. The maximum atomic E-state index is 5.43. The summed E-state index contributed by atoms with van der Waals surface area (Å²) in [5, 5.41) is 15.9. The Labute approximate surface area is 441 Å². The van der Waals surface area contributed by atoms with Gasteiger partial charge in [-0.25, -0.2) is 29.9 Å². The van der Waals surface area contributed by atoms with E-state index in [2.05, 4.69) is 86.8 Å². The van der Waals surface area contributed by atoms with Gasteiger partial charge in [-0.05, 0) is 63.5 Å². The monoisotopic (exact) mass is 1090 g/mol. The second-order valence-corrected chi connectivity index (χ2v) is 19.0. The Morgan fingerprint density at radius 2 is 0.849 bits per heavy atom. The van der Waals surface area contributed by atoms with Crippen LogP contribution in [-0.4, -0.2) is 72.6 Å². The van der Waals surface area contributed by atoms with Gasteiger partial charge in [0.2, 0.25) is 17.8 Å². The molecule has 0 atom stereocenters. The van der Waals surface area contributed by atoms with Crippen molar-refractivity contribution in [3.8, 4) is 56.8 Å². The molecule has 0 bridgehead atoms. The zero-order chi connectivity index (χ0) is 50.7. The molecule has 6 aromatic heterocycles. The predicted octanol–water partition coefficient (Wildman–Crippen LogP) is 14.5. The summed E-state index contributed by atoms with van der Waals surface area (Å²) in [6.45, 7) is 0. The first-order chi connectivity index (χ1) is 35.8. The molecule has 5 aromatic carbocycles. The van der Waals surface area contributed by atoms with E-state index in [1.807, 2.05) is 109 Å². The fourth-order valence-corrected chi connectivity index (χ4v) is 10.6. The summed E-state index contributed by atoms with van der Waals surface area (Å²) >= 11 is 8.38. The second kappa shape index (κ2) is 23.4. The highest BCUT2D eigenvalue weighted by Gasteiger charge is 2.14. The number of methoxy groups -OCH3 is 6.